The summed E-state index contributed by atoms with van der Waals surface area (Å²) in [7, 11) is 0. The van der Waals surface area contributed by atoms with Crippen LogP contribution < -0.4 is 0 Å². The molecule has 0 unspecified atom stereocenters. The molecule has 0 atom stereocenters. The highest BCUT2D eigenvalue weighted by Gasteiger charge is 2.00. The third kappa shape index (κ3) is 1.14. The Morgan fingerprint density at radius 2 is 2.21 bits per heavy atom. The van der Waals surface area contributed by atoms with Gasteiger partial charge in [0.2, 0.25) is 0 Å². The zero-order chi connectivity index (χ0) is 9.38. The fourth-order valence-electron chi connectivity index (χ4n) is 1.55. The predicted molar refractivity (Wildman–Crippen MR) is 59.4 cm³/mol. The largest absolute Gasteiger partial charge is 0.361 e. The molecule has 0 spiro atoms. The van der Waals surface area contributed by atoms with Crippen LogP contribution in [0.2, 0.25) is 0 Å². The molecule has 2 aromatic heterocycles. The van der Waals surface area contributed by atoms with Crippen molar-refractivity contribution in [3.63, 3.8) is 0 Å². The number of hydrogen-bond acceptors (Lipinski definition) is 2. The van der Waals surface area contributed by atoms with Crippen LogP contribution in [0.15, 0.2) is 42.7 Å². The van der Waals surface area contributed by atoms with Gasteiger partial charge in [-0.15, -0.1) is 0 Å². The summed E-state index contributed by atoms with van der Waals surface area (Å²) in [5.74, 6) is 0. The van der Waals surface area contributed by atoms with Crippen molar-refractivity contribution in [3.05, 3.63) is 42.7 Å². The maximum absolute atomic E-state index is 4.16. The average molecular weight is 200 g/mol. The van der Waals surface area contributed by atoms with Crippen molar-refractivity contribution in [1.29, 1.82) is 0 Å². The summed E-state index contributed by atoms with van der Waals surface area (Å²) in [6.07, 6.45) is 3.85. The van der Waals surface area contributed by atoms with Gasteiger partial charge in [0.1, 0.15) is 0 Å². The summed E-state index contributed by atoms with van der Waals surface area (Å²) >= 11 is 1.53. The Labute approximate surface area is 85.4 Å². The van der Waals surface area contributed by atoms with E-state index >= 15 is 0 Å². The topological polar surface area (TPSA) is 28.7 Å². The zero-order valence-corrected chi connectivity index (χ0v) is 8.21. The first kappa shape index (κ1) is 7.76. The van der Waals surface area contributed by atoms with Gasteiger partial charge in [-0.05, 0) is 41.4 Å². The molecule has 0 fully saturated rings. The van der Waals surface area contributed by atoms with Gasteiger partial charge in [0.25, 0.3) is 0 Å². The fourth-order valence-corrected chi connectivity index (χ4v) is 2.18. The highest BCUT2D eigenvalue weighted by atomic mass is 32.1. The van der Waals surface area contributed by atoms with Gasteiger partial charge in [-0.25, -0.2) is 0 Å². The molecule has 0 bridgehead atoms. The van der Waals surface area contributed by atoms with Gasteiger partial charge >= 0.3 is 0 Å². The van der Waals surface area contributed by atoms with Crippen molar-refractivity contribution in [3.8, 4) is 11.3 Å². The molecule has 2 nitrogen and oxygen atoms in total. The van der Waals surface area contributed by atoms with Gasteiger partial charge in [0.05, 0.1) is 4.70 Å². The van der Waals surface area contributed by atoms with Crippen molar-refractivity contribution in [1.82, 2.24) is 9.36 Å². The lowest BCUT2D eigenvalue weighted by Gasteiger charge is -1.97. The van der Waals surface area contributed by atoms with E-state index in [1.165, 1.54) is 27.2 Å². The van der Waals surface area contributed by atoms with Crippen molar-refractivity contribution in [2.45, 2.75) is 0 Å². The van der Waals surface area contributed by atoms with Crippen LogP contribution >= 0.6 is 11.5 Å². The van der Waals surface area contributed by atoms with Crippen molar-refractivity contribution in [2.24, 2.45) is 0 Å². The molecular weight excluding hydrogens is 192 g/mol. The molecule has 0 amide bonds. The fraction of sp³-hybridized carbons (Fsp3) is 0. The molecule has 0 saturated carbocycles. The highest BCUT2D eigenvalue weighted by Crippen LogP contribution is 2.24. The van der Waals surface area contributed by atoms with Crippen LogP contribution in [-0.4, -0.2) is 9.36 Å². The van der Waals surface area contributed by atoms with Gasteiger partial charge in [0, 0.05) is 23.5 Å². The summed E-state index contributed by atoms with van der Waals surface area (Å²) in [4.78, 5) is 3.19. The van der Waals surface area contributed by atoms with Crippen LogP contribution in [0.1, 0.15) is 0 Å². The number of rotatable bonds is 1. The highest BCUT2D eigenvalue weighted by molar-refractivity contribution is 7.13. The Morgan fingerprint density at radius 1 is 1.21 bits per heavy atom. The first-order chi connectivity index (χ1) is 6.93. The van der Waals surface area contributed by atoms with E-state index in [2.05, 4.69) is 33.6 Å². The van der Waals surface area contributed by atoms with E-state index in [1.807, 2.05) is 18.5 Å². The molecule has 3 heteroatoms. The van der Waals surface area contributed by atoms with Gasteiger partial charge in [-0.2, -0.15) is 4.37 Å². The van der Waals surface area contributed by atoms with Gasteiger partial charge in [-0.1, -0.05) is 6.07 Å². The molecule has 0 radical (unpaired) electrons. The van der Waals surface area contributed by atoms with E-state index in [0.717, 1.165) is 5.69 Å². The number of benzene rings is 1. The number of nitrogens with zero attached hydrogens (tertiary/aromatic N) is 1. The van der Waals surface area contributed by atoms with E-state index in [-0.39, 0.29) is 0 Å². The molecule has 0 saturated heterocycles. The molecule has 1 aromatic carbocycles. The molecule has 3 aromatic rings. The van der Waals surface area contributed by atoms with E-state index in [9.17, 15) is 0 Å². The standard InChI is InChI=1S/C11H8N2S/c1-2-10(12-5-1)8-3-4-11-9(6-8)7-13-14-11/h1-7,12H. The van der Waals surface area contributed by atoms with E-state index in [0.29, 0.717) is 0 Å². The Hall–Kier alpha value is -1.61. The number of fused-ring (bicyclic) bond motifs is 1. The van der Waals surface area contributed by atoms with Crippen LogP contribution in [0, 0.1) is 0 Å². The van der Waals surface area contributed by atoms with Gasteiger partial charge < -0.3 is 4.98 Å². The minimum atomic E-state index is 1.15. The SMILES string of the molecule is c1c[nH]c(-c2ccc3sncc3c2)c1. The summed E-state index contributed by atoms with van der Waals surface area (Å²) in [6.45, 7) is 0. The number of aromatic amines is 1. The average Bonchev–Trinajstić information content (AvgIpc) is 2.88. The number of aromatic nitrogens is 2. The molecule has 2 heterocycles. The third-order valence-electron chi connectivity index (χ3n) is 2.26. The predicted octanol–water partition coefficient (Wildman–Crippen LogP) is 3.29. The zero-order valence-electron chi connectivity index (χ0n) is 7.40. The van der Waals surface area contributed by atoms with E-state index in [4.69, 9.17) is 0 Å². The second kappa shape index (κ2) is 2.96. The second-order valence-corrected chi connectivity index (χ2v) is 4.00. The van der Waals surface area contributed by atoms with Crippen molar-refractivity contribution in [2.75, 3.05) is 0 Å². The molecule has 3 rings (SSSR count). The molecule has 68 valence electrons. The second-order valence-electron chi connectivity index (χ2n) is 3.16. The third-order valence-corrected chi connectivity index (χ3v) is 3.04. The van der Waals surface area contributed by atoms with Gasteiger partial charge in [-0.3, -0.25) is 0 Å². The number of nitrogens with one attached hydrogen (secondary N) is 1. The molecule has 0 aliphatic carbocycles. The quantitative estimate of drug-likeness (QED) is 0.641. The number of H-pyrrole nitrogens is 1. The van der Waals surface area contributed by atoms with Crippen LogP contribution in [0.4, 0.5) is 0 Å². The van der Waals surface area contributed by atoms with Crippen LogP contribution in [-0.2, 0) is 0 Å². The van der Waals surface area contributed by atoms with E-state index < -0.39 is 0 Å². The van der Waals surface area contributed by atoms with Crippen molar-refractivity contribution >= 4 is 21.6 Å². The van der Waals surface area contributed by atoms with Crippen LogP contribution in [0.5, 0.6) is 0 Å². The Bertz CT molecular complexity index is 551. The Morgan fingerprint density at radius 3 is 3.07 bits per heavy atom. The van der Waals surface area contributed by atoms with Crippen LogP contribution in [0.3, 0.4) is 0 Å². The van der Waals surface area contributed by atoms with E-state index in [1.54, 1.807) is 0 Å². The monoisotopic (exact) mass is 200 g/mol. The molecule has 0 aliphatic heterocycles. The smallest absolute Gasteiger partial charge is 0.0550 e. The summed E-state index contributed by atoms with van der Waals surface area (Å²) in [6, 6.07) is 10.5. The molecule has 14 heavy (non-hydrogen) atoms. The van der Waals surface area contributed by atoms with Crippen LogP contribution in [0.25, 0.3) is 21.3 Å². The molecular formula is C11H8N2S. The Balaban J connectivity index is 2.23. The summed E-state index contributed by atoms with van der Waals surface area (Å²) in [5, 5.41) is 1.21. The Kier molecular flexibility index (Phi) is 1.64. The van der Waals surface area contributed by atoms with Crippen molar-refractivity contribution < 1.29 is 0 Å². The number of hydrogen-bond donors (Lipinski definition) is 1. The maximum Gasteiger partial charge on any atom is 0.0550 e. The lowest BCUT2D eigenvalue weighted by atomic mass is 10.1. The lowest BCUT2D eigenvalue weighted by Crippen LogP contribution is -1.75. The minimum absolute atomic E-state index is 1.15. The molecule has 0 aliphatic rings. The van der Waals surface area contributed by atoms with Gasteiger partial charge in [0.15, 0.2) is 0 Å². The summed E-state index contributed by atoms with van der Waals surface area (Å²) in [5.41, 5.74) is 2.36. The minimum Gasteiger partial charge on any atom is -0.361 e. The first-order valence-corrected chi connectivity index (χ1v) is 5.19. The maximum atomic E-state index is 4.16. The molecule has 1 N–H and O–H groups in total. The first-order valence-electron chi connectivity index (χ1n) is 4.42. The summed E-state index contributed by atoms with van der Waals surface area (Å²) < 4.78 is 5.39. The normalized spacial score (nSPS) is 10.9. The lowest BCUT2D eigenvalue weighted by molar-refractivity contribution is 1.41.